The Morgan fingerprint density at radius 1 is 1.69 bits per heavy atom. The van der Waals surface area contributed by atoms with Crippen LogP contribution in [0.3, 0.4) is 0 Å². The molecule has 0 aromatic rings. The summed E-state index contributed by atoms with van der Waals surface area (Å²) in [5.74, 6) is -1.000. The lowest BCUT2D eigenvalue weighted by Gasteiger charge is -2.15. The summed E-state index contributed by atoms with van der Waals surface area (Å²) in [5, 5.41) is 23.3. The Balaban J connectivity index is 2.18. The Morgan fingerprint density at radius 3 is 2.92 bits per heavy atom. The van der Waals surface area contributed by atoms with E-state index in [2.05, 4.69) is 10.6 Å². The second-order valence-electron chi connectivity index (χ2n) is 3.27. The van der Waals surface area contributed by atoms with E-state index in [1.165, 1.54) is 0 Å². The van der Waals surface area contributed by atoms with Crippen molar-refractivity contribution >= 4 is 5.97 Å². The molecule has 2 atom stereocenters. The van der Waals surface area contributed by atoms with Gasteiger partial charge in [-0.25, -0.2) is 0 Å². The standard InChI is InChI=1S/C8H16N2O3/c11-5-7(8(12)13)10-4-6-2-1-3-9-6/h6-7,9-11H,1-5H2,(H,12,13)/t6-,7-/m0/s1. The number of carboxylic acid groups (broad SMARTS) is 1. The van der Waals surface area contributed by atoms with Gasteiger partial charge in [0, 0.05) is 12.6 Å². The second kappa shape index (κ2) is 5.16. The monoisotopic (exact) mass is 188 g/mol. The van der Waals surface area contributed by atoms with E-state index in [9.17, 15) is 4.79 Å². The Morgan fingerprint density at radius 2 is 2.46 bits per heavy atom. The fourth-order valence-electron chi connectivity index (χ4n) is 1.45. The van der Waals surface area contributed by atoms with Crippen molar-refractivity contribution in [3.05, 3.63) is 0 Å². The van der Waals surface area contributed by atoms with Crippen LogP contribution in [0, 0.1) is 0 Å². The van der Waals surface area contributed by atoms with E-state index in [4.69, 9.17) is 10.2 Å². The van der Waals surface area contributed by atoms with E-state index < -0.39 is 12.0 Å². The summed E-state index contributed by atoms with van der Waals surface area (Å²) >= 11 is 0. The summed E-state index contributed by atoms with van der Waals surface area (Å²) in [6.07, 6.45) is 2.22. The van der Waals surface area contributed by atoms with Gasteiger partial charge in [-0.1, -0.05) is 0 Å². The average molecular weight is 188 g/mol. The van der Waals surface area contributed by atoms with Crippen LogP contribution in [-0.2, 0) is 4.79 Å². The molecule has 0 saturated carbocycles. The molecular weight excluding hydrogens is 172 g/mol. The van der Waals surface area contributed by atoms with Gasteiger partial charge in [-0.15, -0.1) is 0 Å². The maximum atomic E-state index is 10.5. The molecule has 0 radical (unpaired) electrons. The minimum Gasteiger partial charge on any atom is -0.480 e. The molecule has 1 rings (SSSR count). The van der Waals surface area contributed by atoms with Crippen molar-refractivity contribution in [2.45, 2.75) is 24.9 Å². The van der Waals surface area contributed by atoms with Crippen molar-refractivity contribution in [1.82, 2.24) is 10.6 Å². The fourth-order valence-corrected chi connectivity index (χ4v) is 1.45. The van der Waals surface area contributed by atoms with Crippen molar-refractivity contribution < 1.29 is 15.0 Å². The van der Waals surface area contributed by atoms with Crippen LogP contribution in [0.5, 0.6) is 0 Å². The van der Waals surface area contributed by atoms with Crippen LogP contribution in [0.4, 0.5) is 0 Å². The Labute approximate surface area is 77.1 Å². The number of carbonyl (C=O) groups is 1. The average Bonchev–Trinajstić information content (AvgIpc) is 2.57. The molecule has 5 nitrogen and oxygen atoms in total. The van der Waals surface area contributed by atoms with Gasteiger partial charge in [-0.05, 0) is 19.4 Å². The van der Waals surface area contributed by atoms with Gasteiger partial charge in [-0.3, -0.25) is 4.79 Å². The predicted octanol–water partition coefficient (Wildman–Crippen LogP) is -1.23. The highest BCUT2D eigenvalue weighted by atomic mass is 16.4. The molecule has 76 valence electrons. The maximum absolute atomic E-state index is 10.5. The smallest absolute Gasteiger partial charge is 0.323 e. The van der Waals surface area contributed by atoms with E-state index >= 15 is 0 Å². The van der Waals surface area contributed by atoms with Crippen LogP contribution in [-0.4, -0.2) is 48.0 Å². The van der Waals surface area contributed by atoms with E-state index in [1.807, 2.05) is 0 Å². The molecule has 1 aliphatic rings. The third-order valence-electron chi connectivity index (χ3n) is 2.25. The highest BCUT2D eigenvalue weighted by molar-refractivity contribution is 5.73. The largest absolute Gasteiger partial charge is 0.480 e. The van der Waals surface area contributed by atoms with E-state index in [0.717, 1.165) is 19.4 Å². The molecular formula is C8H16N2O3. The molecule has 1 fully saturated rings. The van der Waals surface area contributed by atoms with Crippen LogP contribution in [0.2, 0.25) is 0 Å². The van der Waals surface area contributed by atoms with Gasteiger partial charge in [0.1, 0.15) is 6.04 Å². The molecule has 5 heteroatoms. The molecule has 1 heterocycles. The quantitative estimate of drug-likeness (QED) is 0.434. The molecule has 0 spiro atoms. The van der Waals surface area contributed by atoms with E-state index in [1.54, 1.807) is 0 Å². The molecule has 1 aliphatic heterocycles. The summed E-state index contributed by atoms with van der Waals surface area (Å²) in [5.41, 5.74) is 0. The van der Waals surface area contributed by atoms with Crippen molar-refractivity contribution in [3.8, 4) is 0 Å². The molecule has 13 heavy (non-hydrogen) atoms. The predicted molar refractivity (Wildman–Crippen MR) is 47.5 cm³/mol. The number of aliphatic hydroxyl groups excluding tert-OH is 1. The van der Waals surface area contributed by atoms with Crippen LogP contribution < -0.4 is 10.6 Å². The van der Waals surface area contributed by atoms with Gasteiger partial charge in [0.05, 0.1) is 6.61 Å². The number of rotatable bonds is 5. The SMILES string of the molecule is O=C(O)[C@H](CO)NC[C@@H]1CCCN1. The lowest BCUT2D eigenvalue weighted by molar-refractivity contribution is -0.140. The van der Waals surface area contributed by atoms with Gasteiger partial charge in [-0.2, -0.15) is 0 Å². The molecule has 0 amide bonds. The van der Waals surface area contributed by atoms with Gasteiger partial charge < -0.3 is 20.8 Å². The van der Waals surface area contributed by atoms with Crippen LogP contribution in [0.25, 0.3) is 0 Å². The molecule has 4 N–H and O–H groups in total. The number of nitrogens with one attached hydrogen (secondary N) is 2. The Kier molecular flexibility index (Phi) is 4.14. The summed E-state index contributed by atoms with van der Waals surface area (Å²) in [6.45, 7) is 1.25. The molecule has 1 saturated heterocycles. The van der Waals surface area contributed by atoms with Crippen molar-refractivity contribution in [2.75, 3.05) is 19.7 Å². The normalized spacial score (nSPS) is 24.5. The number of carboxylic acids is 1. The van der Waals surface area contributed by atoms with Gasteiger partial charge >= 0.3 is 5.97 Å². The minimum absolute atomic E-state index is 0.355. The zero-order valence-corrected chi connectivity index (χ0v) is 7.49. The Bertz CT molecular complexity index is 169. The van der Waals surface area contributed by atoms with Gasteiger partial charge in [0.2, 0.25) is 0 Å². The molecule has 0 aliphatic carbocycles. The second-order valence-corrected chi connectivity index (χ2v) is 3.27. The number of hydrogen-bond acceptors (Lipinski definition) is 4. The molecule has 0 aromatic carbocycles. The summed E-state index contributed by atoms with van der Waals surface area (Å²) in [6, 6.07) is -0.476. The van der Waals surface area contributed by atoms with Crippen molar-refractivity contribution in [1.29, 1.82) is 0 Å². The van der Waals surface area contributed by atoms with Crippen LogP contribution in [0.1, 0.15) is 12.8 Å². The van der Waals surface area contributed by atoms with Crippen LogP contribution in [0.15, 0.2) is 0 Å². The van der Waals surface area contributed by atoms with Crippen molar-refractivity contribution in [2.24, 2.45) is 0 Å². The van der Waals surface area contributed by atoms with Gasteiger partial charge in [0.25, 0.3) is 0 Å². The number of aliphatic hydroxyl groups is 1. The van der Waals surface area contributed by atoms with Gasteiger partial charge in [0.15, 0.2) is 0 Å². The number of hydrogen-bond donors (Lipinski definition) is 4. The first kappa shape index (κ1) is 10.4. The van der Waals surface area contributed by atoms with E-state index in [-0.39, 0.29) is 6.61 Å². The van der Waals surface area contributed by atoms with Crippen LogP contribution >= 0.6 is 0 Å². The fraction of sp³-hybridized carbons (Fsp3) is 0.875. The highest BCUT2D eigenvalue weighted by Gasteiger charge is 2.19. The lowest BCUT2D eigenvalue weighted by atomic mass is 10.2. The summed E-state index contributed by atoms with van der Waals surface area (Å²) < 4.78 is 0. The Hall–Kier alpha value is -0.650. The first-order valence-electron chi connectivity index (χ1n) is 4.54. The summed E-state index contributed by atoms with van der Waals surface area (Å²) in [4.78, 5) is 10.5. The van der Waals surface area contributed by atoms with E-state index in [0.29, 0.717) is 12.6 Å². The third kappa shape index (κ3) is 3.30. The summed E-state index contributed by atoms with van der Waals surface area (Å²) in [7, 11) is 0. The van der Waals surface area contributed by atoms with Crippen molar-refractivity contribution in [3.63, 3.8) is 0 Å². The molecule has 0 bridgehead atoms. The first-order chi connectivity index (χ1) is 6.24. The third-order valence-corrected chi connectivity index (χ3v) is 2.25. The molecule has 0 aromatic heterocycles. The topological polar surface area (TPSA) is 81.6 Å². The zero-order chi connectivity index (χ0) is 9.68. The first-order valence-corrected chi connectivity index (χ1v) is 4.54. The molecule has 0 unspecified atom stereocenters. The zero-order valence-electron chi connectivity index (χ0n) is 7.49. The minimum atomic E-state index is -1.000. The highest BCUT2D eigenvalue weighted by Crippen LogP contribution is 2.03. The lowest BCUT2D eigenvalue weighted by Crippen LogP contribution is -2.45. The maximum Gasteiger partial charge on any atom is 0.323 e. The number of aliphatic carboxylic acids is 1.